The molecule has 1 aliphatic rings. The van der Waals surface area contributed by atoms with Crippen LogP contribution < -0.4 is 9.64 Å². The van der Waals surface area contributed by atoms with Crippen LogP contribution in [-0.4, -0.2) is 23.9 Å². The van der Waals surface area contributed by atoms with Crippen LogP contribution >= 0.6 is 0 Å². The number of carbonyl (C=O) groups is 2. The van der Waals surface area contributed by atoms with Crippen molar-refractivity contribution >= 4 is 33.9 Å². The van der Waals surface area contributed by atoms with Crippen molar-refractivity contribution in [1.82, 2.24) is 0 Å². The van der Waals surface area contributed by atoms with Gasteiger partial charge in [-0.25, -0.2) is 0 Å². The standard InChI is InChI=1S/C32H29NO4/c1-32(2,3)22-15-17-23(18-16-22)33-28(21-11-7-12-24(19-21)37-4)27(30(35)31(33)36)29(34)26-14-8-10-20-9-5-6-13-25(20)26/h5-19,28,34H,1-4H3/b29-27-. The Hall–Kier alpha value is -4.38. The minimum atomic E-state index is -0.824. The first kappa shape index (κ1) is 24.3. The van der Waals surface area contributed by atoms with E-state index in [2.05, 4.69) is 20.8 Å². The highest BCUT2D eigenvalue weighted by atomic mass is 16.5. The molecular formula is C32H29NO4. The highest BCUT2D eigenvalue weighted by Crippen LogP contribution is 2.44. The number of aliphatic hydroxyl groups excluding tert-OH is 1. The second-order valence-corrected chi connectivity index (χ2v) is 10.3. The number of aliphatic hydroxyl groups is 1. The molecule has 4 aromatic rings. The summed E-state index contributed by atoms with van der Waals surface area (Å²) in [6.07, 6.45) is 0. The predicted octanol–water partition coefficient (Wildman–Crippen LogP) is 6.77. The first-order valence-corrected chi connectivity index (χ1v) is 12.2. The lowest BCUT2D eigenvalue weighted by atomic mass is 9.87. The third-order valence-corrected chi connectivity index (χ3v) is 6.91. The largest absolute Gasteiger partial charge is 0.507 e. The summed E-state index contributed by atoms with van der Waals surface area (Å²) in [4.78, 5) is 28.6. The van der Waals surface area contributed by atoms with E-state index in [9.17, 15) is 14.7 Å². The molecule has 1 N–H and O–H groups in total. The molecule has 1 heterocycles. The Kier molecular flexibility index (Phi) is 6.08. The Labute approximate surface area is 216 Å². The summed E-state index contributed by atoms with van der Waals surface area (Å²) < 4.78 is 5.43. The number of anilines is 1. The molecule has 1 unspecified atom stereocenters. The average Bonchev–Trinajstić information content (AvgIpc) is 3.17. The van der Waals surface area contributed by atoms with Crippen LogP contribution in [0.5, 0.6) is 5.75 Å². The van der Waals surface area contributed by atoms with Crippen molar-refractivity contribution in [2.24, 2.45) is 0 Å². The van der Waals surface area contributed by atoms with E-state index < -0.39 is 17.7 Å². The van der Waals surface area contributed by atoms with E-state index in [1.54, 1.807) is 25.3 Å². The molecule has 5 nitrogen and oxygen atoms in total. The zero-order valence-corrected chi connectivity index (χ0v) is 21.4. The fourth-order valence-corrected chi connectivity index (χ4v) is 4.92. The molecule has 1 atom stereocenters. The minimum Gasteiger partial charge on any atom is -0.507 e. The van der Waals surface area contributed by atoms with Crippen LogP contribution in [0.4, 0.5) is 5.69 Å². The molecule has 1 saturated heterocycles. The number of hydrogen-bond donors (Lipinski definition) is 1. The van der Waals surface area contributed by atoms with E-state index >= 15 is 0 Å². The summed E-state index contributed by atoms with van der Waals surface area (Å²) in [5.41, 5.74) is 2.86. The van der Waals surface area contributed by atoms with Gasteiger partial charge in [0.25, 0.3) is 11.7 Å². The zero-order valence-electron chi connectivity index (χ0n) is 21.4. The number of Topliss-reactive ketones (excluding diaryl/α,β-unsaturated/α-hetero) is 1. The summed E-state index contributed by atoms with van der Waals surface area (Å²) >= 11 is 0. The molecule has 37 heavy (non-hydrogen) atoms. The van der Waals surface area contributed by atoms with Gasteiger partial charge in [-0.05, 0) is 51.6 Å². The van der Waals surface area contributed by atoms with Crippen LogP contribution in [0.25, 0.3) is 16.5 Å². The molecule has 1 fully saturated rings. The van der Waals surface area contributed by atoms with Crippen LogP contribution in [0.3, 0.4) is 0 Å². The molecule has 0 saturated carbocycles. The van der Waals surface area contributed by atoms with Crippen molar-refractivity contribution in [2.45, 2.75) is 32.2 Å². The fourth-order valence-electron chi connectivity index (χ4n) is 4.92. The van der Waals surface area contributed by atoms with Crippen LogP contribution in [-0.2, 0) is 15.0 Å². The highest BCUT2D eigenvalue weighted by Gasteiger charge is 2.47. The number of carbonyl (C=O) groups excluding carboxylic acids is 2. The smallest absolute Gasteiger partial charge is 0.300 e. The minimum absolute atomic E-state index is 0.0505. The Balaban J connectivity index is 1.74. The van der Waals surface area contributed by atoms with Gasteiger partial charge in [0.15, 0.2) is 0 Å². The number of methoxy groups -OCH3 is 1. The van der Waals surface area contributed by atoms with Crippen LogP contribution in [0.1, 0.15) is 43.5 Å². The second-order valence-electron chi connectivity index (χ2n) is 10.3. The third-order valence-electron chi connectivity index (χ3n) is 6.91. The van der Waals surface area contributed by atoms with E-state index in [0.29, 0.717) is 22.6 Å². The lowest BCUT2D eigenvalue weighted by molar-refractivity contribution is -0.132. The monoisotopic (exact) mass is 491 g/mol. The van der Waals surface area contributed by atoms with Gasteiger partial charge in [-0.2, -0.15) is 0 Å². The maximum absolute atomic E-state index is 13.6. The molecule has 4 aromatic carbocycles. The van der Waals surface area contributed by atoms with Crippen molar-refractivity contribution in [2.75, 3.05) is 12.0 Å². The lowest BCUT2D eigenvalue weighted by Gasteiger charge is -2.27. The number of nitrogens with zero attached hydrogens (tertiary/aromatic N) is 1. The first-order chi connectivity index (χ1) is 17.7. The quantitative estimate of drug-likeness (QED) is 0.194. The molecule has 186 valence electrons. The number of amides is 1. The van der Waals surface area contributed by atoms with Crippen molar-refractivity contribution in [3.8, 4) is 5.75 Å². The number of benzene rings is 4. The van der Waals surface area contributed by atoms with Gasteiger partial charge in [-0.1, -0.05) is 87.5 Å². The van der Waals surface area contributed by atoms with E-state index in [1.165, 1.54) is 4.90 Å². The Morgan fingerprint density at radius 2 is 1.54 bits per heavy atom. The SMILES string of the molecule is COc1cccc(C2/C(=C(/O)c3cccc4ccccc34)C(=O)C(=O)N2c2ccc(C(C)(C)C)cc2)c1. The summed E-state index contributed by atoms with van der Waals surface area (Å²) in [5.74, 6) is -1.01. The predicted molar refractivity (Wildman–Crippen MR) is 147 cm³/mol. The molecule has 5 heteroatoms. The molecule has 0 aromatic heterocycles. The molecule has 0 radical (unpaired) electrons. The molecule has 5 rings (SSSR count). The lowest BCUT2D eigenvalue weighted by Crippen LogP contribution is -2.29. The molecule has 0 aliphatic carbocycles. The van der Waals surface area contributed by atoms with Gasteiger partial charge in [-0.15, -0.1) is 0 Å². The van der Waals surface area contributed by atoms with Gasteiger partial charge in [0.05, 0.1) is 18.7 Å². The summed E-state index contributed by atoms with van der Waals surface area (Å²) in [6, 6.07) is 27.3. The number of ether oxygens (including phenoxy) is 1. The van der Waals surface area contributed by atoms with Gasteiger partial charge in [0, 0.05) is 11.3 Å². The van der Waals surface area contributed by atoms with Crippen molar-refractivity contribution in [3.05, 3.63) is 113 Å². The van der Waals surface area contributed by atoms with Gasteiger partial charge in [0.1, 0.15) is 11.5 Å². The Morgan fingerprint density at radius 3 is 2.24 bits per heavy atom. The van der Waals surface area contributed by atoms with Gasteiger partial charge in [-0.3, -0.25) is 14.5 Å². The molecule has 0 bridgehead atoms. The molecular weight excluding hydrogens is 462 g/mol. The molecule has 0 spiro atoms. The number of ketones is 1. The van der Waals surface area contributed by atoms with E-state index in [0.717, 1.165) is 16.3 Å². The van der Waals surface area contributed by atoms with Crippen molar-refractivity contribution < 1.29 is 19.4 Å². The highest BCUT2D eigenvalue weighted by molar-refractivity contribution is 6.51. The number of fused-ring (bicyclic) bond motifs is 1. The van der Waals surface area contributed by atoms with E-state index in [-0.39, 0.29) is 16.7 Å². The number of hydrogen-bond acceptors (Lipinski definition) is 4. The van der Waals surface area contributed by atoms with Crippen molar-refractivity contribution in [3.63, 3.8) is 0 Å². The maximum atomic E-state index is 13.6. The Bertz CT molecular complexity index is 1540. The summed E-state index contributed by atoms with van der Waals surface area (Å²) in [7, 11) is 1.57. The van der Waals surface area contributed by atoms with Crippen LogP contribution in [0, 0.1) is 0 Å². The molecule has 1 amide bonds. The zero-order chi connectivity index (χ0) is 26.3. The van der Waals surface area contributed by atoms with Crippen LogP contribution in [0.15, 0.2) is 96.6 Å². The maximum Gasteiger partial charge on any atom is 0.300 e. The van der Waals surface area contributed by atoms with Gasteiger partial charge >= 0.3 is 0 Å². The first-order valence-electron chi connectivity index (χ1n) is 12.2. The van der Waals surface area contributed by atoms with E-state index in [1.807, 2.05) is 72.8 Å². The number of rotatable bonds is 4. The average molecular weight is 492 g/mol. The van der Waals surface area contributed by atoms with Crippen LogP contribution in [0.2, 0.25) is 0 Å². The third kappa shape index (κ3) is 4.27. The van der Waals surface area contributed by atoms with Gasteiger partial charge < -0.3 is 9.84 Å². The summed E-state index contributed by atoms with van der Waals surface area (Å²) in [5, 5.41) is 13.4. The normalized spacial score (nSPS) is 17.4. The molecule has 1 aliphatic heterocycles. The fraction of sp³-hybridized carbons (Fsp3) is 0.188. The topological polar surface area (TPSA) is 66.8 Å². The summed E-state index contributed by atoms with van der Waals surface area (Å²) in [6.45, 7) is 6.36. The van der Waals surface area contributed by atoms with E-state index in [4.69, 9.17) is 4.74 Å². The van der Waals surface area contributed by atoms with Gasteiger partial charge in [0.2, 0.25) is 0 Å². The second kappa shape index (κ2) is 9.25. The Morgan fingerprint density at radius 1 is 0.865 bits per heavy atom. The van der Waals surface area contributed by atoms with Crippen molar-refractivity contribution in [1.29, 1.82) is 0 Å².